The molecule has 0 spiro atoms. The minimum Gasteiger partial charge on any atom is -0.494 e. The van der Waals surface area contributed by atoms with Crippen LogP contribution in [0.5, 0.6) is 5.75 Å². The summed E-state index contributed by atoms with van der Waals surface area (Å²) in [6.45, 7) is 10.9. The minimum atomic E-state index is 0. The van der Waals surface area contributed by atoms with E-state index in [2.05, 4.69) is 78.9 Å². The summed E-state index contributed by atoms with van der Waals surface area (Å²) in [4.78, 5) is 7.32. The summed E-state index contributed by atoms with van der Waals surface area (Å²) in [7, 11) is 0. The summed E-state index contributed by atoms with van der Waals surface area (Å²) in [5.74, 6) is 0.932. The molecular formula is C25H38Cl3N3O. The predicted octanol–water partition coefficient (Wildman–Crippen LogP) is 7.25. The van der Waals surface area contributed by atoms with Crippen LogP contribution in [0.4, 0.5) is 0 Å². The molecule has 0 N–H and O–H groups in total. The summed E-state index contributed by atoms with van der Waals surface area (Å²) in [6.07, 6.45) is 10.3. The summed E-state index contributed by atoms with van der Waals surface area (Å²) in [5.41, 5.74) is 4.31. The van der Waals surface area contributed by atoms with Gasteiger partial charge in [0.1, 0.15) is 11.4 Å². The number of hydrogen-bond donors (Lipinski definition) is 0. The largest absolute Gasteiger partial charge is 0.494 e. The third-order valence-corrected chi connectivity index (χ3v) is 5.31. The van der Waals surface area contributed by atoms with Crippen molar-refractivity contribution < 1.29 is 4.74 Å². The van der Waals surface area contributed by atoms with Crippen LogP contribution < -0.4 is 4.74 Å². The van der Waals surface area contributed by atoms with E-state index in [-0.39, 0.29) is 37.2 Å². The van der Waals surface area contributed by atoms with E-state index in [0.29, 0.717) is 0 Å². The van der Waals surface area contributed by atoms with E-state index in [4.69, 9.17) is 9.72 Å². The highest BCUT2D eigenvalue weighted by atomic mass is 35.5. The van der Waals surface area contributed by atoms with Gasteiger partial charge in [-0.15, -0.1) is 37.2 Å². The van der Waals surface area contributed by atoms with Gasteiger partial charge in [0.05, 0.1) is 12.3 Å². The highest BCUT2D eigenvalue weighted by Gasteiger charge is 2.06. The summed E-state index contributed by atoms with van der Waals surface area (Å²) < 4.78 is 8.04. The second-order valence-corrected chi connectivity index (χ2v) is 7.87. The lowest BCUT2D eigenvalue weighted by Crippen LogP contribution is -2.28. The van der Waals surface area contributed by atoms with E-state index in [1.54, 1.807) is 0 Å². The standard InChI is InChI=1S/C25H35N3O.3ClH/c1-4-6-14-27(15-7-5-2)16-8-18-29-23-11-9-22(10-12-23)24-20-28-17-13-21(3)19-25(28)26-24;;;/h9-13,17,19-20H,4-8,14-16,18H2,1-3H3;3*1H. The molecule has 180 valence electrons. The molecule has 2 heterocycles. The quantitative estimate of drug-likeness (QED) is 0.244. The molecule has 2 aromatic heterocycles. The van der Waals surface area contributed by atoms with E-state index < -0.39 is 0 Å². The fourth-order valence-corrected chi connectivity index (χ4v) is 3.52. The molecular weight excluding hydrogens is 465 g/mol. The Morgan fingerprint density at radius 3 is 2.12 bits per heavy atom. The number of imidazole rings is 1. The first-order valence-corrected chi connectivity index (χ1v) is 11.1. The van der Waals surface area contributed by atoms with Crippen LogP contribution in [-0.2, 0) is 0 Å². The van der Waals surface area contributed by atoms with Crippen LogP contribution in [0.25, 0.3) is 16.9 Å². The fourth-order valence-electron chi connectivity index (χ4n) is 3.52. The van der Waals surface area contributed by atoms with Gasteiger partial charge in [-0.05, 0) is 81.2 Å². The first kappa shape index (κ1) is 30.5. The van der Waals surface area contributed by atoms with Crippen LogP contribution in [-0.4, -0.2) is 40.5 Å². The number of pyridine rings is 1. The van der Waals surface area contributed by atoms with Gasteiger partial charge in [0, 0.05) is 24.5 Å². The van der Waals surface area contributed by atoms with Gasteiger partial charge in [0.15, 0.2) is 0 Å². The lowest BCUT2D eigenvalue weighted by atomic mass is 10.2. The van der Waals surface area contributed by atoms with Gasteiger partial charge in [-0.1, -0.05) is 26.7 Å². The van der Waals surface area contributed by atoms with Crippen molar-refractivity contribution in [1.29, 1.82) is 0 Å². The maximum Gasteiger partial charge on any atom is 0.137 e. The van der Waals surface area contributed by atoms with Gasteiger partial charge in [-0.3, -0.25) is 0 Å². The van der Waals surface area contributed by atoms with Crippen molar-refractivity contribution in [3.05, 3.63) is 54.4 Å². The maximum absolute atomic E-state index is 5.98. The van der Waals surface area contributed by atoms with Crippen LogP contribution in [0.1, 0.15) is 51.5 Å². The number of aryl methyl sites for hydroxylation is 1. The first-order valence-electron chi connectivity index (χ1n) is 11.1. The SMILES string of the molecule is CCCCN(CCCC)CCCOc1ccc(-c2cn3ccc(C)cc3n2)cc1.Cl.Cl.Cl. The molecule has 0 amide bonds. The molecule has 0 radical (unpaired) electrons. The molecule has 0 bridgehead atoms. The molecule has 4 nitrogen and oxygen atoms in total. The zero-order valence-electron chi connectivity index (χ0n) is 19.5. The van der Waals surface area contributed by atoms with Gasteiger partial charge in [0.2, 0.25) is 0 Å². The van der Waals surface area contributed by atoms with Gasteiger partial charge in [-0.25, -0.2) is 4.98 Å². The van der Waals surface area contributed by atoms with Crippen molar-refractivity contribution in [3.63, 3.8) is 0 Å². The molecule has 3 aromatic rings. The van der Waals surface area contributed by atoms with Crippen molar-refractivity contribution in [1.82, 2.24) is 14.3 Å². The lowest BCUT2D eigenvalue weighted by Gasteiger charge is -2.21. The third-order valence-electron chi connectivity index (χ3n) is 5.31. The Morgan fingerprint density at radius 2 is 1.50 bits per heavy atom. The minimum absolute atomic E-state index is 0. The molecule has 7 heteroatoms. The van der Waals surface area contributed by atoms with Crippen LogP contribution in [0.3, 0.4) is 0 Å². The van der Waals surface area contributed by atoms with Crippen molar-refractivity contribution >= 4 is 42.9 Å². The number of nitrogens with zero attached hydrogens (tertiary/aromatic N) is 3. The zero-order valence-corrected chi connectivity index (χ0v) is 21.9. The summed E-state index contributed by atoms with van der Waals surface area (Å²) in [5, 5.41) is 0. The number of unbranched alkanes of at least 4 members (excludes halogenated alkanes) is 2. The Morgan fingerprint density at radius 1 is 0.875 bits per heavy atom. The van der Waals surface area contributed by atoms with Crippen molar-refractivity contribution in [2.75, 3.05) is 26.2 Å². The fraction of sp³-hybridized carbons (Fsp3) is 0.480. The average Bonchev–Trinajstić information content (AvgIpc) is 3.16. The van der Waals surface area contributed by atoms with Crippen molar-refractivity contribution in [2.24, 2.45) is 0 Å². The molecule has 0 saturated heterocycles. The summed E-state index contributed by atoms with van der Waals surface area (Å²) >= 11 is 0. The molecule has 0 aliphatic rings. The van der Waals surface area contributed by atoms with Gasteiger partial charge < -0.3 is 14.0 Å². The van der Waals surface area contributed by atoms with Gasteiger partial charge in [0.25, 0.3) is 0 Å². The number of aromatic nitrogens is 2. The molecule has 1 aromatic carbocycles. The third kappa shape index (κ3) is 9.19. The topological polar surface area (TPSA) is 29.8 Å². The number of halogens is 3. The van der Waals surface area contributed by atoms with Crippen LogP contribution >= 0.6 is 37.2 Å². The molecule has 0 fully saturated rings. The monoisotopic (exact) mass is 501 g/mol. The Bertz CT molecular complexity index is 876. The Kier molecular flexibility index (Phi) is 15.5. The van der Waals surface area contributed by atoms with Crippen molar-refractivity contribution in [3.8, 4) is 17.0 Å². The second-order valence-electron chi connectivity index (χ2n) is 7.87. The van der Waals surface area contributed by atoms with Crippen LogP contribution in [0.2, 0.25) is 0 Å². The molecule has 0 unspecified atom stereocenters. The Balaban J connectivity index is 0.00000320. The number of ether oxygens (including phenoxy) is 1. The molecule has 3 rings (SSSR count). The second kappa shape index (κ2) is 16.2. The predicted molar refractivity (Wildman–Crippen MR) is 143 cm³/mol. The molecule has 0 aliphatic heterocycles. The average molecular weight is 503 g/mol. The highest BCUT2D eigenvalue weighted by molar-refractivity contribution is 5.86. The number of rotatable bonds is 12. The summed E-state index contributed by atoms with van der Waals surface area (Å²) in [6, 6.07) is 12.5. The Labute approximate surface area is 212 Å². The smallest absolute Gasteiger partial charge is 0.137 e. The molecule has 0 aliphatic carbocycles. The first-order chi connectivity index (χ1) is 14.2. The molecule has 32 heavy (non-hydrogen) atoms. The lowest BCUT2D eigenvalue weighted by molar-refractivity contribution is 0.229. The normalized spacial score (nSPS) is 10.4. The molecule has 0 saturated carbocycles. The van der Waals surface area contributed by atoms with E-state index in [1.807, 2.05) is 0 Å². The van der Waals surface area contributed by atoms with Crippen LogP contribution in [0.15, 0.2) is 48.8 Å². The zero-order chi connectivity index (χ0) is 20.5. The number of fused-ring (bicyclic) bond motifs is 1. The van der Waals surface area contributed by atoms with E-state index in [0.717, 1.165) is 42.2 Å². The molecule has 0 atom stereocenters. The highest BCUT2D eigenvalue weighted by Crippen LogP contribution is 2.22. The maximum atomic E-state index is 5.98. The van der Waals surface area contributed by atoms with Gasteiger partial charge >= 0.3 is 0 Å². The van der Waals surface area contributed by atoms with Crippen LogP contribution in [0, 0.1) is 6.92 Å². The van der Waals surface area contributed by atoms with E-state index in [9.17, 15) is 0 Å². The van der Waals surface area contributed by atoms with Gasteiger partial charge in [-0.2, -0.15) is 0 Å². The number of benzene rings is 1. The van der Waals surface area contributed by atoms with E-state index in [1.165, 1.54) is 44.3 Å². The van der Waals surface area contributed by atoms with Crippen molar-refractivity contribution in [2.45, 2.75) is 52.9 Å². The van der Waals surface area contributed by atoms with E-state index >= 15 is 0 Å². The Hall–Kier alpha value is -1.46. The number of hydrogen-bond acceptors (Lipinski definition) is 3.